The second-order valence-electron chi connectivity index (χ2n) is 7.34. The summed E-state index contributed by atoms with van der Waals surface area (Å²) < 4.78 is 48.4. The molecule has 164 valence electrons. The van der Waals surface area contributed by atoms with Gasteiger partial charge in [0.05, 0.1) is 0 Å². The summed E-state index contributed by atoms with van der Waals surface area (Å²) in [4.78, 5) is 26.4. The molecule has 2 amide bonds. The third kappa shape index (κ3) is 3.57. The molecule has 3 aromatic rings. The summed E-state index contributed by atoms with van der Waals surface area (Å²) in [6, 6.07) is 15.1. The first-order valence-corrected chi connectivity index (χ1v) is 9.83. The van der Waals surface area contributed by atoms with Crippen molar-refractivity contribution in [2.45, 2.75) is 11.6 Å². The number of hydrogen-bond donors (Lipinski definition) is 1. The zero-order valence-corrected chi connectivity index (χ0v) is 17.0. The Bertz CT molecular complexity index is 1100. The maximum absolute atomic E-state index is 15.1. The number of rotatable bonds is 5. The molecular formula is C24H19F3N2O3. The highest BCUT2D eigenvalue weighted by molar-refractivity contribution is 5.84. The van der Waals surface area contributed by atoms with Gasteiger partial charge in [0.25, 0.3) is 0 Å². The Kier molecular flexibility index (Phi) is 5.61. The topological polar surface area (TPSA) is 58.6 Å². The largest absolute Gasteiger partial charge is 0.430 e. The number of likely N-dealkylation sites (N-methyl/N-ethyl adjacent to an activating group) is 1. The van der Waals surface area contributed by atoms with Crippen LogP contribution in [0.3, 0.4) is 0 Å². The van der Waals surface area contributed by atoms with Crippen LogP contribution < -0.4 is 5.32 Å². The van der Waals surface area contributed by atoms with Gasteiger partial charge in [-0.25, -0.2) is 18.0 Å². The molecule has 0 aliphatic carbocycles. The zero-order chi connectivity index (χ0) is 22.9. The van der Waals surface area contributed by atoms with Crippen LogP contribution in [0.4, 0.5) is 18.0 Å². The van der Waals surface area contributed by atoms with E-state index in [-0.39, 0.29) is 5.56 Å². The maximum Gasteiger partial charge on any atom is 0.412 e. The quantitative estimate of drug-likeness (QED) is 0.644. The standard InChI is InChI=1S/C24H19F3N2O3/c1-28-21(30)14-29-22(19-4-2-3-5-20(19)27)24(32-23(29)31,15-6-10-17(25)11-7-15)16-8-12-18(26)13-9-16/h2-13,22H,14H2,1H3,(H,28,30)/t22-/m0/s1. The molecule has 1 heterocycles. The second kappa shape index (κ2) is 8.37. The van der Waals surface area contributed by atoms with Crippen LogP contribution in [-0.2, 0) is 15.1 Å². The highest BCUT2D eigenvalue weighted by atomic mass is 19.1. The second-order valence-corrected chi connectivity index (χ2v) is 7.34. The number of nitrogens with one attached hydrogen (secondary N) is 1. The molecule has 3 aromatic carbocycles. The SMILES string of the molecule is CNC(=O)CN1C(=O)OC(c2ccc(F)cc2)(c2ccc(F)cc2)[C@@H]1c1ccccc1F. The molecule has 0 spiro atoms. The Morgan fingerprint density at radius 3 is 1.97 bits per heavy atom. The summed E-state index contributed by atoms with van der Waals surface area (Å²) in [5, 5.41) is 2.44. The zero-order valence-electron chi connectivity index (χ0n) is 17.0. The molecule has 0 radical (unpaired) electrons. The van der Waals surface area contributed by atoms with E-state index in [9.17, 15) is 18.4 Å². The van der Waals surface area contributed by atoms with Gasteiger partial charge in [-0.05, 0) is 30.3 Å². The third-order valence-corrected chi connectivity index (χ3v) is 5.52. The Morgan fingerprint density at radius 1 is 0.938 bits per heavy atom. The summed E-state index contributed by atoms with van der Waals surface area (Å²) in [6.07, 6.45) is -0.865. The maximum atomic E-state index is 15.1. The molecule has 1 aliphatic rings. The van der Waals surface area contributed by atoms with Crippen molar-refractivity contribution in [2.24, 2.45) is 0 Å². The van der Waals surface area contributed by atoms with Crippen LogP contribution in [0.5, 0.6) is 0 Å². The van der Waals surface area contributed by atoms with E-state index in [0.29, 0.717) is 11.1 Å². The van der Waals surface area contributed by atoms with Gasteiger partial charge in [-0.2, -0.15) is 0 Å². The summed E-state index contributed by atoms with van der Waals surface area (Å²) in [7, 11) is 1.41. The molecule has 5 nitrogen and oxygen atoms in total. The molecule has 1 saturated heterocycles. The fourth-order valence-corrected chi connectivity index (χ4v) is 4.05. The number of hydrogen-bond acceptors (Lipinski definition) is 3. The number of nitrogens with zero attached hydrogens (tertiary/aromatic N) is 1. The molecule has 0 saturated carbocycles. The van der Waals surface area contributed by atoms with Crippen molar-refractivity contribution in [2.75, 3.05) is 13.6 Å². The first-order valence-electron chi connectivity index (χ1n) is 9.83. The van der Waals surface area contributed by atoms with Crippen LogP contribution >= 0.6 is 0 Å². The van der Waals surface area contributed by atoms with Gasteiger partial charge in [-0.15, -0.1) is 0 Å². The lowest BCUT2D eigenvalue weighted by atomic mass is 9.77. The summed E-state index contributed by atoms with van der Waals surface area (Å²) in [5.74, 6) is -2.14. The van der Waals surface area contributed by atoms with Crippen molar-refractivity contribution < 1.29 is 27.5 Å². The number of benzene rings is 3. The molecule has 0 unspecified atom stereocenters. The molecule has 1 fully saturated rings. The number of amides is 2. The molecule has 1 N–H and O–H groups in total. The summed E-state index contributed by atoms with van der Waals surface area (Å²) in [5.41, 5.74) is -0.900. The van der Waals surface area contributed by atoms with Gasteiger partial charge in [0.15, 0.2) is 5.60 Å². The number of cyclic esters (lactones) is 1. The Hall–Kier alpha value is -3.81. The smallest absolute Gasteiger partial charge is 0.412 e. The van der Waals surface area contributed by atoms with Gasteiger partial charge in [0.2, 0.25) is 5.91 Å². The number of halogens is 3. The van der Waals surface area contributed by atoms with Gasteiger partial charge >= 0.3 is 6.09 Å². The Balaban J connectivity index is 2.02. The van der Waals surface area contributed by atoms with E-state index in [1.807, 2.05) is 0 Å². The summed E-state index contributed by atoms with van der Waals surface area (Å²) >= 11 is 0. The van der Waals surface area contributed by atoms with Gasteiger partial charge in [-0.3, -0.25) is 9.69 Å². The minimum Gasteiger partial charge on any atom is -0.430 e. The van der Waals surface area contributed by atoms with Crippen LogP contribution in [0.25, 0.3) is 0 Å². The van der Waals surface area contributed by atoms with Crippen molar-refractivity contribution in [3.05, 3.63) is 107 Å². The highest BCUT2D eigenvalue weighted by Gasteiger charge is 2.58. The van der Waals surface area contributed by atoms with Crippen LogP contribution in [-0.4, -0.2) is 30.5 Å². The molecule has 0 aromatic heterocycles. The molecule has 8 heteroatoms. The van der Waals surface area contributed by atoms with E-state index in [2.05, 4.69) is 5.32 Å². The van der Waals surface area contributed by atoms with E-state index < -0.39 is 47.6 Å². The van der Waals surface area contributed by atoms with Gasteiger partial charge < -0.3 is 10.1 Å². The molecule has 1 aliphatic heterocycles. The first-order chi connectivity index (χ1) is 15.4. The van der Waals surface area contributed by atoms with E-state index in [4.69, 9.17) is 4.74 Å². The molecule has 4 rings (SSSR count). The van der Waals surface area contributed by atoms with Crippen molar-refractivity contribution >= 4 is 12.0 Å². The average Bonchev–Trinajstić information content (AvgIpc) is 3.07. The van der Waals surface area contributed by atoms with Crippen LogP contribution in [0, 0.1) is 17.5 Å². The van der Waals surface area contributed by atoms with Gasteiger partial charge in [0, 0.05) is 23.7 Å². The average molecular weight is 440 g/mol. The fourth-order valence-electron chi connectivity index (χ4n) is 4.05. The van der Waals surface area contributed by atoms with Crippen LogP contribution in [0.1, 0.15) is 22.7 Å². The number of carbonyl (C=O) groups excluding carboxylic acids is 2. The van der Waals surface area contributed by atoms with E-state index >= 15 is 4.39 Å². The molecule has 32 heavy (non-hydrogen) atoms. The minimum absolute atomic E-state index is 0.0934. The monoisotopic (exact) mass is 440 g/mol. The van der Waals surface area contributed by atoms with Gasteiger partial charge in [-0.1, -0.05) is 42.5 Å². The van der Waals surface area contributed by atoms with Crippen molar-refractivity contribution in [1.82, 2.24) is 10.2 Å². The van der Waals surface area contributed by atoms with Crippen molar-refractivity contribution in [1.29, 1.82) is 0 Å². The lowest BCUT2D eigenvalue weighted by Crippen LogP contribution is -2.42. The first kappa shape index (κ1) is 21.4. The predicted octanol–water partition coefficient (Wildman–Crippen LogP) is 4.29. The molecule has 1 atom stereocenters. The number of carbonyl (C=O) groups is 2. The van der Waals surface area contributed by atoms with Crippen molar-refractivity contribution in [3.63, 3.8) is 0 Å². The van der Waals surface area contributed by atoms with Gasteiger partial charge in [0.1, 0.15) is 30.0 Å². The lowest BCUT2D eigenvalue weighted by molar-refractivity contribution is -0.121. The van der Waals surface area contributed by atoms with E-state index in [0.717, 1.165) is 4.90 Å². The predicted molar refractivity (Wildman–Crippen MR) is 110 cm³/mol. The van der Waals surface area contributed by atoms with Crippen molar-refractivity contribution in [3.8, 4) is 0 Å². The Morgan fingerprint density at radius 2 is 1.47 bits per heavy atom. The fraction of sp³-hybridized carbons (Fsp3) is 0.167. The minimum atomic E-state index is -1.67. The van der Waals surface area contributed by atoms with Crippen LogP contribution in [0.15, 0.2) is 72.8 Å². The third-order valence-electron chi connectivity index (χ3n) is 5.52. The van der Waals surface area contributed by atoms with E-state index in [1.54, 1.807) is 6.07 Å². The van der Waals surface area contributed by atoms with Crippen LogP contribution in [0.2, 0.25) is 0 Å². The highest BCUT2D eigenvalue weighted by Crippen LogP contribution is 2.52. The Labute approximate surface area is 182 Å². The molecular weight excluding hydrogens is 421 g/mol. The lowest BCUT2D eigenvalue weighted by Gasteiger charge is -2.36. The summed E-state index contributed by atoms with van der Waals surface area (Å²) in [6.45, 7) is -0.404. The van der Waals surface area contributed by atoms with E-state index in [1.165, 1.54) is 73.8 Å². The number of ether oxygens (including phenoxy) is 1. The normalized spacial score (nSPS) is 17.2. The molecule has 0 bridgehead atoms.